The Hall–Kier alpha value is -5.23. The maximum Gasteiger partial charge on any atom is 2.00 e. The van der Waals surface area contributed by atoms with Crippen LogP contribution in [0.5, 0.6) is 0 Å². The molecule has 0 saturated heterocycles. The van der Waals surface area contributed by atoms with Gasteiger partial charge in [-0.1, -0.05) is 142 Å². The number of para-hydroxylation sites is 1. The molecule has 0 spiro atoms. The van der Waals surface area contributed by atoms with Crippen molar-refractivity contribution in [1.29, 1.82) is 0 Å². The number of thiophene rings is 1. The van der Waals surface area contributed by atoms with Gasteiger partial charge in [0.05, 0.1) is 11.3 Å². The molecule has 1 unspecified atom stereocenters. The van der Waals surface area contributed by atoms with E-state index in [0.717, 1.165) is 54.4 Å². The first-order valence-electron chi connectivity index (χ1n) is 17.9. The van der Waals surface area contributed by atoms with Crippen LogP contribution in [0.2, 0.25) is 0 Å². The number of nitrogens with zero attached hydrogens (tertiary/aromatic N) is 3. The SMILES string of the molecule is Cn1c[c-]c(-c2csc3cc4c5ccccc5n(-c5[c-]c6c7c(oc6o5)C(C)(C)c5ccccc5C7[Si](c5ccccc5)c5ccccc5)c4nc23)c1.[Pd+2]. The Morgan fingerprint density at radius 2 is 1.54 bits per heavy atom. The van der Waals surface area contributed by atoms with Gasteiger partial charge in [-0.25, -0.2) is 4.98 Å². The molecule has 11 rings (SSSR count). The van der Waals surface area contributed by atoms with E-state index in [9.17, 15) is 0 Å². The summed E-state index contributed by atoms with van der Waals surface area (Å²) in [4.78, 5) is 5.39. The molecular weight excluding hydrogens is 793 g/mol. The molecule has 0 amide bonds. The Kier molecular flexibility index (Phi) is 7.66. The predicted molar refractivity (Wildman–Crippen MR) is 216 cm³/mol. The van der Waals surface area contributed by atoms with Crippen LogP contribution < -0.4 is 10.4 Å². The van der Waals surface area contributed by atoms with Crippen LogP contribution in [0.4, 0.5) is 0 Å². The van der Waals surface area contributed by atoms with Crippen LogP contribution in [0.3, 0.4) is 0 Å². The van der Waals surface area contributed by atoms with Crippen LogP contribution in [-0.2, 0) is 32.9 Å². The van der Waals surface area contributed by atoms with Crippen LogP contribution in [0.25, 0.3) is 60.3 Å². The molecule has 1 aliphatic carbocycles. The van der Waals surface area contributed by atoms with Gasteiger partial charge < -0.3 is 13.4 Å². The fraction of sp³-hybridized carbons (Fsp3) is 0.109. The van der Waals surface area contributed by atoms with Crippen molar-refractivity contribution in [1.82, 2.24) is 14.1 Å². The third-order valence-corrected chi connectivity index (χ3v) is 15.0. The minimum Gasteiger partial charge on any atom is -0.500 e. The quantitative estimate of drug-likeness (QED) is 0.128. The Balaban J connectivity index is 0.00000361. The molecule has 8 heteroatoms. The number of pyridine rings is 1. The van der Waals surface area contributed by atoms with Crippen molar-refractivity contribution in [3.8, 4) is 17.0 Å². The molecule has 1 radical (unpaired) electrons. The monoisotopic (exact) mass is 824 g/mol. The zero-order chi connectivity index (χ0) is 35.4. The smallest absolute Gasteiger partial charge is 0.500 e. The van der Waals surface area contributed by atoms with Crippen molar-refractivity contribution in [2.75, 3.05) is 0 Å². The Labute approximate surface area is 331 Å². The van der Waals surface area contributed by atoms with Crippen LogP contribution >= 0.6 is 11.3 Å². The van der Waals surface area contributed by atoms with Gasteiger partial charge in [0, 0.05) is 26.4 Å². The second kappa shape index (κ2) is 12.4. The Morgan fingerprint density at radius 1 is 0.833 bits per heavy atom. The molecule has 6 heterocycles. The van der Waals surface area contributed by atoms with Gasteiger partial charge >= 0.3 is 20.4 Å². The first-order valence-corrected chi connectivity index (χ1v) is 20.3. The van der Waals surface area contributed by atoms with Crippen molar-refractivity contribution in [2.24, 2.45) is 7.05 Å². The summed E-state index contributed by atoms with van der Waals surface area (Å²) in [5.74, 6) is 2.03. The van der Waals surface area contributed by atoms with E-state index in [1.807, 2.05) is 17.8 Å². The van der Waals surface area contributed by atoms with Gasteiger partial charge in [-0.05, 0) is 49.7 Å². The van der Waals surface area contributed by atoms with Gasteiger partial charge in [0.2, 0.25) is 0 Å². The van der Waals surface area contributed by atoms with E-state index in [4.69, 9.17) is 13.8 Å². The summed E-state index contributed by atoms with van der Waals surface area (Å²) in [6.07, 6.45) is 4.05. The third kappa shape index (κ3) is 4.81. The molecule has 0 bridgehead atoms. The van der Waals surface area contributed by atoms with E-state index in [1.165, 1.54) is 27.1 Å². The van der Waals surface area contributed by atoms with E-state index in [0.29, 0.717) is 11.7 Å². The average Bonchev–Trinajstić information content (AvgIpc) is 4.01. The summed E-state index contributed by atoms with van der Waals surface area (Å²) in [5, 5.41) is 7.99. The van der Waals surface area contributed by atoms with Crippen LogP contribution in [0.15, 0.2) is 142 Å². The van der Waals surface area contributed by atoms with E-state index >= 15 is 0 Å². The number of rotatable bonds is 5. The molecule has 54 heavy (non-hydrogen) atoms. The number of aryl methyl sites for hydroxylation is 1. The molecule has 0 fully saturated rings. The number of hydrogen-bond acceptors (Lipinski definition) is 4. The third-order valence-electron chi connectivity index (χ3n) is 11.0. The standard InChI is InChI=1S/C46H32N3O2SSi.Pd/c1-46(2)36-20-12-10-19-32(36)42(53(29-14-6-4-7-15-29)30-16-8-5-9-17-30)40-34-25-39(50-45(34)51-43(40)46)49-37-21-13-11-18-31(37)33-24-38-41(47-44(33)49)35(27-52-38)28-22-23-48(3)26-28;/h4-21,23-24,26-27,42H,1-3H3;/q-2;+2. The molecule has 1 atom stereocenters. The normalized spacial score (nSPS) is 14.9. The van der Waals surface area contributed by atoms with Crippen molar-refractivity contribution in [3.63, 3.8) is 0 Å². The molecule has 6 aromatic heterocycles. The molecule has 263 valence electrons. The van der Waals surface area contributed by atoms with Crippen LogP contribution in [0, 0.1) is 12.1 Å². The largest absolute Gasteiger partial charge is 2.00 e. The summed E-state index contributed by atoms with van der Waals surface area (Å²) in [6.45, 7) is 4.54. The minimum atomic E-state index is -1.44. The van der Waals surface area contributed by atoms with E-state index in [-0.39, 0.29) is 31.4 Å². The van der Waals surface area contributed by atoms with Gasteiger partial charge in [-0.15, -0.1) is 11.5 Å². The van der Waals surface area contributed by atoms with Gasteiger partial charge in [0.15, 0.2) is 5.78 Å². The zero-order valence-electron chi connectivity index (χ0n) is 29.7. The summed E-state index contributed by atoms with van der Waals surface area (Å²) in [7, 11) is 0.583. The predicted octanol–water partition coefficient (Wildman–Crippen LogP) is 9.96. The number of benzene rings is 4. The first kappa shape index (κ1) is 33.3. The van der Waals surface area contributed by atoms with Gasteiger partial charge in [-0.2, -0.15) is 23.0 Å². The Bertz CT molecular complexity index is 2980. The van der Waals surface area contributed by atoms with Crippen molar-refractivity contribution >= 4 is 73.8 Å². The summed E-state index contributed by atoms with van der Waals surface area (Å²) in [6, 6.07) is 48.9. The zero-order valence-corrected chi connectivity index (χ0v) is 33.0. The van der Waals surface area contributed by atoms with Crippen LogP contribution in [0.1, 0.15) is 41.8 Å². The molecule has 0 saturated carbocycles. The van der Waals surface area contributed by atoms with E-state index in [2.05, 4.69) is 157 Å². The molecule has 10 aromatic rings. The van der Waals surface area contributed by atoms with Crippen molar-refractivity contribution in [3.05, 3.63) is 168 Å². The summed E-state index contributed by atoms with van der Waals surface area (Å²) in [5.41, 5.74) is 8.41. The summed E-state index contributed by atoms with van der Waals surface area (Å²) >= 11 is 1.72. The first-order chi connectivity index (χ1) is 26.0. The molecule has 0 aliphatic heterocycles. The van der Waals surface area contributed by atoms with Gasteiger partial charge in [0.1, 0.15) is 20.3 Å². The number of aromatic nitrogens is 3. The maximum atomic E-state index is 6.93. The van der Waals surface area contributed by atoms with Crippen molar-refractivity contribution in [2.45, 2.75) is 24.8 Å². The fourth-order valence-corrected chi connectivity index (χ4v) is 12.8. The van der Waals surface area contributed by atoms with E-state index < -0.39 is 8.80 Å². The Morgan fingerprint density at radius 3 is 2.28 bits per heavy atom. The van der Waals surface area contributed by atoms with Crippen molar-refractivity contribution < 1.29 is 29.3 Å². The number of furan rings is 2. The fourth-order valence-electron chi connectivity index (χ4n) is 8.62. The van der Waals surface area contributed by atoms with Crippen LogP contribution in [-0.4, -0.2) is 22.9 Å². The second-order valence-electron chi connectivity index (χ2n) is 14.5. The summed E-state index contributed by atoms with van der Waals surface area (Å²) < 4.78 is 19.1. The molecule has 1 aliphatic rings. The maximum absolute atomic E-state index is 6.93. The molecule has 5 nitrogen and oxygen atoms in total. The topological polar surface area (TPSA) is 49.0 Å². The average molecular weight is 825 g/mol. The minimum absolute atomic E-state index is 0. The second-order valence-corrected chi connectivity index (χ2v) is 18.0. The van der Waals surface area contributed by atoms with Gasteiger partial charge in [-0.3, -0.25) is 4.57 Å². The molecule has 0 N–H and O–H groups in total. The molecule has 4 aromatic carbocycles. The van der Waals surface area contributed by atoms with E-state index in [1.54, 1.807) is 11.3 Å². The number of hydrogen-bond donors (Lipinski definition) is 0. The number of fused-ring (bicyclic) bond motifs is 8. The molecular formula is C46H32N3O2PdSSi. The van der Waals surface area contributed by atoms with Gasteiger partial charge in [0.25, 0.3) is 0 Å².